The molecular formula is C132H80N12O4S. The molecule has 16 nitrogen and oxygen atoms in total. The minimum atomic E-state index is -0.165. The molecule has 0 bridgehead atoms. The van der Waals surface area contributed by atoms with Crippen LogP contribution in [0.4, 0.5) is 0 Å². The molecule has 17 heteroatoms. The van der Waals surface area contributed by atoms with Crippen molar-refractivity contribution in [1.29, 1.82) is 0 Å². The van der Waals surface area contributed by atoms with Gasteiger partial charge < -0.3 is 17.7 Å². The molecule has 0 saturated carbocycles. The molecule has 149 heavy (non-hydrogen) atoms. The maximum atomic E-state index is 6.56. The lowest BCUT2D eigenvalue weighted by atomic mass is 9.80. The third-order valence-electron chi connectivity index (χ3n) is 29.6. The summed E-state index contributed by atoms with van der Waals surface area (Å²) in [5.74, 6) is 5.22. The maximum Gasteiger partial charge on any atom is 0.238 e. The number of fused-ring (bicyclic) bond motifs is 30. The molecule has 32 rings (SSSR count). The lowest BCUT2D eigenvalue weighted by Gasteiger charge is -2.22. The van der Waals surface area contributed by atoms with Crippen molar-refractivity contribution >= 4 is 185 Å². The Morgan fingerprint density at radius 1 is 0.201 bits per heavy atom. The average Bonchev–Trinajstić information content (AvgIpc) is 1.53. The number of thiophene rings is 1. The van der Waals surface area contributed by atoms with E-state index in [1.54, 1.807) is 0 Å². The normalized spacial score (nSPS) is 12.4. The molecule has 11 heterocycles. The van der Waals surface area contributed by atoms with E-state index < -0.39 is 0 Å². The summed E-state index contributed by atoms with van der Waals surface area (Å²) in [5.41, 5.74) is 27.8. The van der Waals surface area contributed by atoms with Gasteiger partial charge in [0.2, 0.25) is 17.8 Å². The average molecular weight is 1930 g/mol. The minimum absolute atomic E-state index is 0.165. The van der Waals surface area contributed by atoms with Crippen molar-refractivity contribution in [3.05, 3.63) is 460 Å². The van der Waals surface area contributed by atoms with E-state index in [4.69, 9.17) is 62.5 Å². The predicted octanol–water partition coefficient (Wildman–Crippen LogP) is 34.5. The van der Waals surface area contributed by atoms with Gasteiger partial charge in [0.05, 0.1) is 38.5 Å². The Bertz CT molecular complexity index is 11000. The molecule has 31 aromatic rings. The van der Waals surface area contributed by atoms with Crippen molar-refractivity contribution in [3.8, 4) is 120 Å². The Morgan fingerprint density at radius 2 is 0.557 bits per heavy atom. The van der Waals surface area contributed by atoms with Gasteiger partial charge in [-0.3, -0.25) is 13.7 Å². The number of para-hydroxylation sites is 7. The largest absolute Gasteiger partial charge is 0.456 e. The van der Waals surface area contributed by atoms with Gasteiger partial charge in [-0.05, 0) is 148 Å². The fraction of sp³-hybridized carbons (Fsp3) is 0.0227. The Kier molecular flexibility index (Phi) is 19.2. The number of nitrogens with zero attached hydrogens (tertiary/aromatic N) is 12. The van der Waals surface area contributed by atoms with Crippen molar-refractivity contribution in [2.75, 3.05) is 0 Å². The highest BCUT2D eigenvalue weighted by Gasteiger charge is 2.39. The van der Waals surface area contributed by atoms with Crippen LogP contribution in [0.5, 0.6) is 0 Å². The molecule has 1 aliphatic carbocycles. The zero-order valence-electron chi connectivity index (χ0n) is 80.1. The third-order valence-corrected chi connectivity index (χ3v) is 30.8. The second-order valence-electron chi connectivity index (χ2n) is 38.4. The quantitative estimate of drug-likeness (QED) is 0.119. The molecular weight excluding hydrogens is 1850 g/mol. The molecule has 0 N–H and O–H groups in total. The Labute approximate surface area is 853 Å². The topological polar surface area (TPSA) is 183 Å². The number of furan rings is 4. The van der Waals surface area contributed by atoms with Crippen LogP contribution in [0.1, 0.15) is 25.0 Å². The first kappa shape index (κ1) is 84.9. The highest BCUT2D eigenvalue weighted by atomic mass is 32.1. The summed E-state index contributed by atoms with van der Waals surface area (Å²) in [5, 5.41) is 17.8. The number of aromatic nitrogens is 12. The summed E-state index contributed by atoms with van der Waals surface area (Å²) in [6, 6.07) is 155. The summed E-state index contributed by atoms with van der Waals surface area (Å²) in [4.78, 5) is 46.9. The number of hydrogen-bond donors (Lipinski definition) is 0. The maximum absolute atomic E-state index is 6.56. The molecule has 0 saturated heterocycles. The smallest absolute Gasteiger partial charge is 0.238 e. The highest BCUT2D eigenvalue weighted by molar-refractivity contribution is 7.26. The first-order valence-electron chi connectivity index (χ1n) is 49.9. The Morgan fingerprint density at radius 3 is 1.15 bits per heavy atom. The van der Waals surface area contributed by atoms with Crippen LogP contribution in [0, 0.1) is 0 Å². The van der Waals surface area contributed by atoms with E-state index in [-0.39, 0.29) is 5.41 Å². The number of hydrogen-bond acceptors (Lipinski definition) is 14. The van der Waals surface area contributed by atoms with E-state index in [1.807, 2.05) is 151 Å². The van der Waals surface area contributed by atoms with Gasteiger partial charge in [-0.15, -0.1) is 11.3 Å². The van der Waals surface area contributed by atoms with Crippen LogP contribution < -0.4 is 0 Å². The van der Waals surface area contributed by atoms with Crippen molar-refractivity contribution in [3.63, 3.8) is 0 Å². The van der Waals surface area contributed by atoms with Crippen LogP contribution in [-0.4, -0.2) is 58.6 Å². The molecule has 698 valence electrons. The summed E-state index contributed by atoms with van der Waals surface area (Å²) >= 11 is 1.84. The standard InChI is InChI=1S/C45H26N4O2.C45H26N4OS.C42H28N4O/c1-2-11-27(12-3-1)28-21-23-29(24-22-28)43-46-44(34-16-10-20-39-40(34)33-15-6-9-19-38(33)50-39)48-45(47-43)49-35-17-7-4-14-32(35)41-36(49)26-25-31-30-13-5-8-18-37(30)51-42(31)41;1-2-12-27(13-3-1)28-14-10-15-29(26-28)43-46-44(34-19-11-22-38-40(34)33-18-5-8-21-37(33)50-38)48-45(47-43)49-35-20-7-4-17-32(35)41-36(49)25-24-31-30-16-6-9-23-39(30)51-42(31)41;1-42(2)32-17-9-6-14-27(32)30-22-23-34-37(38(30)42)31-16-7-10-18-33(31)46(34)41-44-39(25-12-4-3-5-13-25)43-40(45-41)26-20-21-29-28-15-8-11-19-35(28)47-36(29)24-26/h2*1-26H;3-24H,1-2H3. The monoisotopic (exact) mass is 1930 g/mol. The lowest BCUT2D eigenvalue weighted by Crippen LogP contribution is -2.15. The first-order chi connectivity index (χ1) is 73.6. The zero-order valence-corrected chi connectivity index (χ0v) is 80.9. The molecule has 0 spiro atoms. The van der Waals surface area contributed by atoms with Gasteiger partial charge in [-0.2, -0.15) is 29.9 Å². The molecule has 0 radical (unpaired) electrons. The van der Waals surface area contributed by atoms with Crippen LogP contribution in [0.3, 0.4) is 0 Å². The molecule has 0 unspecified atom stereocenters. The van der Waals surface area contributed by atoms with Gasteiger partial charge in [0, 0.05) is 129 Å². The second-order valence-corrected chi connectivity index (χ2v) is 39.5. The van der Waals surface area contributed by atoms with Crippen molar-refractivity contribution in [2.45, 2.75) is 19.3 Å². The van der Waals surface area contributed by atoms with Gasteiger partial charge >= 0.3 is 0 Å². The first-order valence-corrected chi connectivity index (χ1v) is 50.7. The van der Waals surface area contributed by atoms with E-state index >= 15 is 0 Å². The summed E-state index contributed by atoms with van der Waals surface area (Å²) in [6.45, 7) is 4.68. The molecule has 0 fully saturated rings. The van der Waals surface area contributed by atoms with Gasteiger partial charge in [0.25, 0.3) is 0 Å². The van der Waals surface area contributed by atoms with Gasteiger partial charge in [-0.25, -0.2) is 15.0 Å². The van der Waals surface area contributed by atoms with Gasteiger partial charge in [0.1, 0.15) is 44.7 Å². The van der Waals surface area contributed by atoms with Crippen LogP contribution >= 0.6 is 11.3 Å². The zero-order chi connectivity index (χ0) is 98.2. The van der Waals surface area contributed by atoms with E-state index in [2.05, 4.69) is 337 Å². The molecule has 20 aromatic carbocycles. The van der Waals surface area contributed by atoms with E-state index in [0.29, 0.717) is 52.8 Å². The third kappa shape index (κ3) is 13.6. The summed E-state index contributed by atoms with van der Waals surface area (Å²) in [6.07, 6.45) is 0. The van der Waals surface area contributed by atoms with Crippen LogP contribution in [-0.2, 0) is 5.41 Å². The second kappa shape index (κ2) is 33.7. The molecule has 0 atom stereocenters. The van der Waals surface area contributed by atoms with E-state index in [0.717, 1.165) is 187 Å². The number of rotatable bonds is 11. The molecule has 0 amide bonds. The SMILES string of the molecule is CC1(C)c2ccccc2-c2ccc3c(c21)c1ccccc1n3-c1nc(-c2ccccc2)nc(-c2ccc3c(c2)oc2ccccc23)n1.c1ccc(-c2ccc(-c3nc(-c4cccc5oc6ccccc6c45)nc(-n4c5ccccc5c5c6oc7ccccc7c6ccc54)n3)cc2)cc1.c1ccc(-c2cccc(-c3nc(-c4cccc5oc6ccccc6c45)nc(-n4c5ccccc5c5c6sc7ccccc7c6ccc54)n3)c2)cc1. The fourth-order valence-electron chi connectivity index (χ4n) is 22.9. The molecule has 0 aliphatic heterocycles. The summed E-state index contributed by atoms with van der Waals surface area (Å²) in [7, 11) is 0. The lowest BCUT2D eigenvalue weighted by molar-refractivity contribution is 0.666. The molecule has 11 aromatic heterocycles. The fourth-order valence-corrected chi connectivity index (χ4v) is 24.1. The van der Waals surface area contributed by atoms with E-state index in [1.165, 1.54) is 64.0 Å². The van der Waals surface area contributed by atoms with Crippen LogP contribution in [0.15, 0.2) is 467 Å². The van der Waals surface area contributed by atoms with Crippen molar-refractivity contribution in [2.24, 2.45) is 0 Å². The predicted molar refractivity (Wildman–Crippen MR) is 606 cm³/mol. The summed E-state index contributed by atoms with van der Waals surface area (Å²) < 4.78 is 34.5. The van der Waals surface area contributed by atoms with E-state index in [9.17, 15) is 0 Å². The molecule has 1 aliphatic rings. The van der Waals surface area contributed by atoms with Crippen LogP contribution in [0.25, 0.3) is 293 Å². The Hall–Kier alpha value is -19.8. The van der Waals surface area contributed by atoms with Gasteiger partial charge in [0.15, 0.2) is 34.9 Å². The van der Waals surface area contributed by atoms with Crippen molar-refractivity contribution in [1.82, 2.24) is 58.6 Å². The minimum Gasteiger partial charge on any atom is -0.456 e. The number of benzene rings is 20. The Balaban J connectivity index is 0.000000103. The van der Waals surface area contributed by atoms with Crippen LogP contribution in [0.2, 0.25) is 0 Å². The van der Waals surface area contributed by atoms with Crippen molar-refractivity contribution < 1.29 is 17.7 Å². The van der Waals surface area contributed by atoms with Gasteiger partial charge in [-0.1, -0.05) is 360 Å². The highest BCUT2D eigenvalue weighted by Crippen LogP contribution is 2.55.